The predicted octanol–water partition coefficient (Wildman–Crippen LogP) is 4.35. The average Bonchev–Trinajstić information content (AvgIpc) is 2.84. The van der Waals surface area contributed by atoms with Crippen molar-refractivity contribution < 1.29 is 4.74 Å². The Morgan fingerprint density at radius 1 is 1.33 bits per heavy atom. The van der Waals surface area contributed by atoms with Crippen LogP contribution >= 0.6 is 11.3 Å². The van der Waals surface area contributed by atoms with Crippen LogP contribution in [0.15, 0.2) is 23.6 Å². The second-order valence-corrected chi connectivity index (χ2v) is 7.44. The van der Waals surface area contributed by atoms with Crippen molar-refractivity contribution in [2.75, 3.05) is 0 Å². The zero-order valence-corrected chi connectivity index (χ0v) is 14.3. The zero-order chi connectivity index (χ0) is 15.6. The maximum absolute atomic E-state index is 6.00. The highest BCUT2D eigenvalue weighted by Gasteiger charge is 2.17. The third kappa shape index (κ3) is 4.05. The van der Waals surface area contributed by atoms with Gasteiger partial charge < -0.3 is 10.5 Å². The number of thiazole rings is 1. The summed E-state index contributed by atoms with van der Waals surface area (Å²) in [5.41, 5.74) is 9.40. The van der Waals surface area contributed by atoms with E-state index in [2.05, 4.69) is 44.1 Å². The van der Waals surface area contributed by atoms with E-state index >= 15 is 0 Å². The maximum Gasteiger partial charge on any atom is 0.140 e. The van der Waals surface area contributed by atoms with Gasteiger partial charge in [-0.15, -0.1) is 11.3 Å². The van der Waals surface area contributed by atoms with Crippen LogP contribution in [0.2, 0.25) is 0 Å². The average molecular weight is 304 g/mol. The molecule has 0 saturated heterocycles. The molecule has 0 radical (unpaired) electrons. The normalized spacial score (nSPS) is 13.2. The van der Waals surface area contributed by atoms with Crippen LogP contribution in [0.4, 0.5) is 0 Å². The number of ether oxygens (including phenoxy) is 1. The van der Waals surface area contributed by atoms with Gasteiger partial charge >= 0.3 is 0 Å². The monoisotopic (exact) mass is 304 g/mol. The molecule has 0 aliphatic heterocycles. The lowest BCUT2D eigenvalue weighted by Gasteiger charge is -2.15. The smallest absolute Gasteiger partial charge is 0.140 e. The summed E-state index contributed by atoms with van der Waals surface area (Å²) in [7, 11) is 0. The minimum atomic E-state index is -0.0398. The Morgan fingerprint density at radius 3 is 2.62 bits per heavy atom. The molecule has 1 aromatic heterocycles. The van der Waals surface area contributed by atoms with Crippen molar-refractivity contribution >= 4 is 11.3 Å². The van der Waals surface area contributed by atoms with Crippen molar-refractivity contribution in [2.45, 2.75) is 52.7 Å². The lowest BCUT2D eigenvalue weighted by atomic mass is 9.93. The molecule has 3 nitrogen and oxygen atoms in total. The Morgan fingerprint density at radius 2 is 2.05 bits per heavy atom. The van der Waals surface area contributed by atoms with Crippen LogP contribution < -0.4 is 10.5 Å². The molecule has 0 spiro atoms. The molecular formula is C17H24N2OS. The molecule has 0 aliphatic rings. The molecule has 114 valence electrons. The molecule has 4 heteroatoms. The summed E-state index contributed by atoms with van der Waals surface area (Å²) < 4.78 is 5.96. The molecule has 1 heterocycles. The minimum Gasteiger partial charge on any atom is -0.486 e. The van der Waals surface area contributed by atoms with E-state index in [1.165, 1.54) is 5.56 Å². The molecule has 0 bridgehead atoms. The number of hydrogen-bond acceptors (Lipinski definition) is 4. The summed E-state index contributed by atoms with van der Waals surface area (Å²) in [6, 6.07) is 6.10. The molecule has 2 rings (SSSR count). The Kier molecular flexibility index (Phi) is 4.69. The van der Waals surface area contributed by atoms with Crippen LogP contribution in [0, 0.1) is 6.92 Å². The quantitative estimate of drug-likeness (QED) is 0.913. The maximum atomic E-state index is 6.00. The highest BCUT2D eigenvalue weighted by molar-refractivity contribution is 7.09. The van der Waals surface area contributed by atoms with Gasteiger partial charge in [-0.05, 0) is 25.5 Å². The SMILES string of the molecule is Cc1ccc([C@H](C)N)c(OCc2nc(C(C)(C)C)cs2)c1. The number of nitrogens with zero attached hydrogens (tertiary/aromatic N) is 1. The molecule has 2 aromatic rings. The molecule has 0 amide bonds. The minimum absolute atomic E-state index is 0.0398. The number of nitrogens with two attached hydrogens (primary N) is 1. The van der Waals surface area contributed by atoms with Gasteiger partial charge in [0.2, 0.25) is 0 Å². The van der Waals surface area contributed by atoms with Gasteiger partial charge in [-0.25, -0.2) is 4.98 Å². The summed E-state index contributed by atoms with van der Waals surface area (Å²) in [4.78, 5) is 4.66. The van der Waals surface area contributed by atoms with Gasteiger partial charge in [-0.1, -0.05) is 32.9 Å². The first kappa shape index (κ1) is 16.0. The van der Waals surface area contributed by atoms with Crippen molar-refractivity contribution in [3.63, 3.8) is 0 Å². The van der Waals surface area contributed by atoms with Crippen LogP contribution in [-0.2, 0) is 12.0 Å². The molecule has 21 heavy (non-hydrogen) atoms. The Bertz CT molecular complexity index is 611. The Balaban J connectivity index is 2.13. The first-order valence-corrected chi connectivity index (χ1v) is 8.09. The van der Waals surface area contributed by atoms with E-state index < -0.39 is 0 Å². The molecule has 2 N–H and O–H groups in total. The fourth-order valence-corrected chi connectivity index (χ4v) is 2.94. The number of rotatable bonds is 4. The van der Waals surface area contributed by atoms with Crippen molar-refractivity contribution in [1.82, 2.24) is 4.98 Å². The van der Waals surface area contributed by atoms with E-state index in [4.69, 9.17) is 10.5 Å². The van der Waals surface area contributed by atoms with Gasteiger partial charge in [0.05, 0.1) is 5.69 Å². The standard InChI is InChI=1S/C17H24N2OS/c1-11-6-7-13(12(2)18)14(8-11)20-9-16-19-15(10-21-16)17(3,4)5/h6-8,10,12H,9,18H2,1-5H3/t12-/m0/s1. The number of benzene rings is 1. The van der Waals surface area contributed by atoms with Crippen LogP contribution in [0.25, 0.3) is 0 Å². The zero-order valence-electron chi connectivity index (χ0n) is 13.4. The van der Waals surface area contributed by atoms with Crippen LogP contribution in [-0.4, -0.2) is 4.98 Å². The lowest BCUT2D eigenvalue weighted by molar-refractivity contribution is 0.300. The first-order chi connectivity index (χ1) is 9.77. The molecule has 0 saturated carbocycles. The van der Waals surface area contributed by atoms with Crippen LogP contribution in [0.1, 0.15) is 55.6 Å². The number of aryl methyl sites for hydroxylation is 1. The second-order valence-electron chi connectivity index (χ2n) is 6.50. The highest BCUT2D eigenvalue weighted by Crippen LogP contribution is 2.28. The van der Waals surface area contributed by atoms with E-state index in [9.17, 15) is 0 Å². The summed E-state index contributed by atoms with van der Waals surface area (Å²) in [6.07, 6.45) is 0. The topological polar surface area (TPSA) is 48.1 Å². The molecule has 0 fully saturated rings. The summed E-state index contributed by atoms with van der Waals surface area (Å²) >= 11 is 1.65. The molecular weight excluding hydrogens is 280 g/mol. The van der Waals surface area contributed by atoms with E-state index in [-0.39, 0.29) is 11.5 Å². The van der Waals surface area contributed by atoms with Gasteiger partial charge in [0.15, 0.2) is 0 Å². The molecule has 0 aliphatic carbocycles. The summed E-state index contributed by atoms with van der Waals surface area (Å²) in [5.74, 6) is 0.859. The van der Waals surface area contributed by atoms with Crippen molar-refractivity contribution in [3.05, 3.63) is 45.4 Å². The van der Waals surface area contributed by atoms with Crippen molar-refractivity contribution in [3.8, 4) is 5.75 Å². The molecule has 0 unspecified atom stereocenters. The first-order valence-electron chi connectivity index (χ1n) is 7.21. The van der Waals surface area contributed by atoms with Crippen LogP contribution in [0.5, 0.6) is 5.75 Å². The van der Waals surface area contributed by atoms with Gasteiger partial charge in [0, 0.05) is 22.4 Å². The number of hydrogen-bond donors (Lipinski definition) is 1. The van der Waals surface area contributed by atoms with E-state index in [0.29, 0.717) is 6.61 Å². The van der Waals surface area contributed by atoms with E-state index in [1.54, 1.807) is 11.3 Å². The van der Waals surface area contributed by atoms with Crippen molar-refractivity contribution in [2.24, 2.45) is 5.73 Å². The lowest BCUT2D eigenvalue weighted by Crippen LogP contribution is -2.12. The predicted molar refractivity (Wildman–Crippen MR) is 88.9 cm³/mol. The fourth-order valence-electron chi connectivity index (χ4n) is 2.00. The Labute approximate surface area is 131 Å². The summed E-state index contributed by atoms with van der Waals surface area (Å²) in [5, 5.41) is 3.11. The molecule has 1 aromatic carbocycles. The summed E-state index contributed by atoms with van der Waals surface area (Å²) in [6.45, 7) is 11.0. The van der Waals surface area contributed by atoms with Gasteiger partial charge in [0.1, 0.15) is 17.4 Å². The third-order valence-corrected chi connectivity index (χ3v) is 4.15. The van der Waals surface area contributed by atoms with E-state index in [1.807, 2.05) is 19.1 Å². The third-order valence-electron chi connectivity index (χ3n) is 3.33. The largest absolute Gasteiger partial charge is 0.486 e. The second kappa shape index (κ2) is 6.16. The van der Waals surface area contributed by atoms with E-state index in [0.717, 1.165) is 22.0 Å². The highest BCUT2D eigenvalue weighted by atomic mass is 32.1. The molecule has 1 atom stereocenters. The van der Waals surface area contributed by atoms with Gasteiger partial charge in [-0.3, -0.25) is 0 Å². The fraction of sp³-hybridized carbons (Fsp3) is 0.471. The van der Waals surface area contributed by atoms with Gasteiger partial charge in [-0.2, -0.15) is 0 Å². The van der Waals surface area contributed by atoms with Crippen LogP contribution in [0.3, 0.4) is 0 Å². The number of aromatic nitrogens is 1. The van der Waals surface area contributed by atoms with Crippen molar-refractivity contribution in [1.29, 1.82) is 0 Å². The van der Waals surface area contributed by atoms with Gasteiger partial charge in [0.25, 0.3) is 0 Å². The Hall–Kier alpha value is -1.39.